The van der Waals surface area contributed by atoms with E-state index in [-0.39, 0.29) is 0 Å². The minimum Gasteiger partial charge on any atom is -0.386 e. The van der Waals surface area contributed by atoms with Crippen molar-refractivity contribution in [2.24, 2.45) is 4.99 Å². The van der Waals surface area contributed by atoms with Crippen molar-refractivity contribution in [2.45, 2.75) is 26.0 Å². The van der Waals surface area contributed by atoms with Gasteiger partial charge >= 0.3 is 0 Å². The molecule has 0 amide bonds. The van der Waals surface area contributed by atoms with Gasteiger partial charge in [-0.05, 0) is 23.9 Å². The SMILES string of the molecule is CCc1nc(CNC(=NC)NCC(O)c2cc3ccccc3s2)cs1. The van der Waals surface area contributed by atoms with E-state index < -0.39 is 6.10 Å². The third kappa shape index (κ3) is 4.56. The van der Waals surface area contributed by atoms with Gasteiger partial charge in [0.05, 0.1) is 17.2 Å². The van der Waals surface area contributed by atoms with E-state index in [9.17, 15) is 5.11 Å². The topological polar surface area (TPSA) is 69.5 Å². The lowest BCUT2D eigenvalue weighted by Gasteiger charge is -2.14. The van der Waals surface area contributed by atoms with Gasteiger partial charge in [0, 0.05) is 28.5 Å². The van der Waals surface area contributed by atoms with Crippen molar-refractivity contribution >= 4 is 38.7 Å². The zero-order chi connectivity index (χ0) is 17.6. The van der Waals surface area contributed by atoms with Crippen molar-refractivity contribution in [1.82, 2.24) is 15.6 Å². The lowest BCUT2D eigenvalue weighted by molar-refractivity contribution is 0.184. The third-order valence-corrected chi connectivity index (χ3v) is 6.06. The Kier molecular flexibility index (Phi) is 6.01. The monoisotopic (exact) mass is 374 g/mol. The number of fused-ring (bicyclic) bond motifs is 1. The second-order valence-electron chi connectivity index (χ2n) is 5.60. The van der Waals surface area contributed by atoms with Crippen molar-refractivity contribution in [2.75, 3.05) is 13.6 Å². The summed E-state index contributed by atoms with van der Waals surface area (Å²) in [6, 6.07) is 10.2. The maximum Gasteiger partial charge on any atom is 0.191 e. The Morgan fingerprint density at radius 2 is 2.16 bits per heavy atom. The number of aromatic nitrogens is 1. The van der Waals surface area contributed by atoms with Crippen LogP contribution in [0.2, 0.25) is 0 Å². The van der Waals surface area contributed by atoms with Crippen LogP contribution in [0.15, 0.2) is 40.7 Å². The Labute approximate surface area is 155 Å². The standard InChI is InChI=1S/C18H22N4OS2/c1-3-17-22-13(11-24-17)9-20-18(19-2)21-10-14(23)16-8-12-6-4-5-7-15(12)25-16/h4-8,11,14,23H,3,9-10H2,1-2H3,(H2,19,20,21). The quantitative estimate of drug-likeness (QED) is 0.457. The number of hydrogen-bond acceptors (Lipinski definition) is 5. The van der Waals surface area contributed by atoms with Crippen LogP contribution >= 0.6 is 22.7 Å². The summed E-state index contributed by atoms with van der Waals surface area (Å²) < 4.78 is 1.19. The van der Waals surface area contributed by atoms with E-state index in [0.29, 0.717) is 19.0 Å². The fourth-order valence-corrected chi connectivity index (χ4v) is 4.24. The van der Waals surface area contributed by atoms with Crippen LogP contribution in [-0.4, -0.2) is 29.6 Å². The molecule has 1 aromatic carbocycles. The number of rotatable bonds is 6. The van der Waals surface area contributed by atoms with E-state index in [4.69, 9.17) is 0 Å². The van der Waals surface area contributed by atoms with Crippen LogP contribution in [0.3, 0.4) is 0 Å². The van der Waals surface area contributed by atoms with Crippen LogP contribution in [0.25, 0.3) is 10.1 Å². The molecule has 0 saturated heterocycles. The summed E-state index contributed by atoms with van der Waals surface area (Å²) in [6.45, 7) is 3.13. The predicted molar refractivity (Wildman–Crippen MR) is 106 cm³/mol. The largest absolute Gasteiger partial charge is 0.386 e. The van der Waals surface area contributed by atoms with Crippen LogP contribution < -0.4 is 10.6 Å². The summed E-state index contributed by atoms with van der Waals surface area (Å²) in [6.07, 6.45) is 0.390. The van der Waals surface area contributed by atoms with Crippen LogP contribution in [-0.2, 0) is 13.0 Å². The lowest BCUT2D eigenvalue weighted by Crippen LogP contribution is -2.38. The Hall–Kier alpha value is -1.96. The number of nitrogens with zero attached hydrogens (tertiary/aromatic N) is 2. The molecule has 1 atom stereocenters. The molecule has 1 unspecified atom stereocenters. The number of benzene rings is 1. The molecule has 132 valence electrons. The Bertz CT molecular complexity index is 823. The number of thiophene rings is 1. The van der Waals surface area contributed by atoms with Gasteiger partial charge in [-0.15, -0.1) is 22.7 Å². The number of aliphatic hydroxyl groups is 1. The number of aryl methyl sites for hydroxylation is 1. The average Bonchev–Trinajstić information content (AvgIpc) is 3.28. The van der Waals surface area contributed by atoms with Gasteiger partial charge in [0.2, 0.25) is 0 Å². The number of nitrogens with one attached hydrogen (secondary N) is 2. The maximum absolute atomic E-state index is 10.4. The van der Waals surface area contributed by atoms with Crippen LogP contribution in [0.4, 0.5) is 0 Å². The lowest BCUT2D eigenvalue weighted by atomic mass is 10.2. The van der Waals surface area contributed by atoms with Crippen molar-refractivity contribution in [1.29, 1.82) is 0 Å². The molecule has 5 nitrogen and oxygen atoms in total. The van der Waals surface area contributed by atoms with Gasteiger partial charge in [-0.3, -0.25) is 4.99 Å². The molecule has 2 heterocycles. The molecule has 0 aliphatic heterocycles. The van der Waals surface area contributed by atoms with Crippen LogP contribution in [0.1, 0.15) is 28.6 Å². The maximum atomic E-state index is 10.4. The van der Waals surface area contributed by atoms with E-state index >= 15 is 0 Å². The number of aliphatic imine (C=N–C) groups is 1. The number of thiazole rings is 1. The van der Waals surface area contributed by atoms with Gasteiger partial charge in [0.25, 0.3) is 0 Å². The third-order valence-electron chi connectivity index (χ3n) is 3.80. The highest BCUT2D eigenvalue weighted by Crippen LogP contribution is 2.29. The van der Waals surface area contributed by atoms with Gasteiger partial charge in [0.15, 0.2) is 5.96 Å². The van der Waals surface area contributed by atoms with Gasteiger partial charge < -0.3 is 15.7 Å². The fourth-order valence-electron chi connectivity index (χ4n) is 2.45. The van der Waals surface area contributed by atoms with Gasteiger partial charge in [0.1, 0.15) is 6.10 Å². The highest BCUT2D eigenvalue weighted by atomic mass is 32.1. The minimum absolute atomic E-state index is 0.407. The van der Waals surface area contributed by atoms with Crippen LogP contribution in [0, 0.1) is 0 Å². The van der Waals surface area contributed by atoms with E-state index in [1.54, 1.807) is 29.7 Å². The molecule has 0 fully saturated rings. The highest BCUT2D eigenvalue weighted by Gasteiger charge is 2.12. The minimum atomic E-state index is -0.568. The molecule has 0 aliphatic carbocycles. The first-order valence-corrected chi connectivity index (χ1v) is 9.93. The van der Waals surface area contributed by atoms with E-state index in [1.807, 2.05) is 18.2 Å². The average molecular weight is 375 g/mol. The predicted octanol–water partition coefficient (Wildman–Crippen LogP) is 3.32. The summed E-state index contributed by atoms with van der Waals surface area (Å²) in [5.41, 5.74) is 1.01. The van der Waals surface area contributed by atoms with Crippen molar-refractivity contribution in [3.05, 3.63) is 51.3 Å². The summed E-state index contributed by atoms with van der Waals surface area (Å²) in [7, 11) is 1.72. The molecule has 2 aromatic heterocycles. The van der Waals surface area contributed by atoms with E-state index in [0.717, 1.165) is 22.0 Å². The van der Waals surface area contributed by atoms with Crippen molar-refractivity contribution in [3.8, 4) is 0 Å². The van der Waals surface area contributed by atoms with Crippen LogP contribution in [0.5, 0.6) is 0 Å². The molecular weight excluding hydrogens is 352 g/mol. The van der Waals surface area contributed by atoms with Gasteiger partial charge in [-0.2, -0.15) is 0 Å². The summed E-state index contributed by atoms with van der Waals surface area (Å²) in [5.74, 6) is 0.659. The number of guanidine groups is 1. The zero-order valence-electron chi connectivity index (χ0n) is 14.3. The molecule has 3 rings (SSSR count). The van der Waals surface area contributed by atoms with Gasteiger partial charge in [-0.1, -0.05) is 25.1 Å². The molecule has 0 radical (unpaired) electrons. The highest BCUT2D eigenvalue weighted by molar-refractivity contribution is 7.19. The van der Waals surface area contributed by atoms with E-state index in [1.165, 1.54) is 10.1 Å². The first kappa shape index (κ1) is 17.8. The Morgan fingerprint density at radius 1 is 1.32 bits per heavy atom. The first-order chi connectivity index (χ1) is 12.2. The summed E-state index contributed by atoms with van der Waals surface area (Å²) in [5, 5.41) is 21.2. The molecule has 0 spiro atoms. The second-order valence-corrected chi connectivity index (χ2v) is 7.65. The Balaban J connectivity index is 1.53. The normalized spacial score (nSPS) is 13.2. The fraction of sp³-hybridized carbons (Fsp3) is 0.333. The number of hydrogen-bond donors (Lipinski definition) is 3. The molecular formula is C18H22N4OS2. The van der Waals surface area contributed by atoms with E-state index in [2.05, 4.69) is 45.0 Å². The van der Waals surface area contributed by atoms with Crippen molar-refractivity contribution < 1.29 is 5.11 Å². The first-order valence-electron chi connectivity index (χ1n) is 8.24. The van der Waals surface area contributed by atoms with Gasteiger partial charge in [-0.25, -0.2) is 4.98 Å². The molecule has 7 heteroatoms. The number of aliphatic hydroxyl groups excluding tert-OH is 1. The smallest absolute Gasteiger partial charge is 0.191 e. The zero-order valence-corrected chi connectivity index (χ0v) is 16.0. The molecule has 3 N–H and O–H groups in total. The summed E-state index contributed by atoms with van der Waals surface area (Å²) in [4.78, 5) is 9.68. The second kappa shape index (κ2) is 8.42. The molecule has 0 saturated carbocycles. The Morgan fingerprint density at radius 3 is 2.88 bits per heavy atom. The summed E-state index contributed by atoms with van der Waals surface area (Å²) >= 11 is 3.30. The molecule has 0 bridgehead atoms. The van der Waals surface area contributed by atoms with Crippen molar-refractivity contribution in [3.63, 3.8) is 0 Å². The molecule has 0 aliphatic rings. The molecule has 3 aromatic rings. The molecule has 25 heavy (non-hydrogen) atoms.